The highest BCUT2D eigenvalue weighted by atomic mass is 16.5. The average Bonchev–Trinajstić information content (AvgIpc) is 3.63. The first-order valence-electron chi connectivity index (χ1n) is 17.2. The van der Waals surface area contributed by atoms with E-state index in [1.54, 1.807) is 0 Å². The highest BCUT2D eigenvalue weighted by molar-refractivity contribution is 5.45. The molecule has 0 aliphatic carbocycles. The summed E-state index contributed by atoms with van der Waals surface area (Å²) in [5.74, 6) is 2.97. The summed E-state index contributed by atoms with van der Waals surface area (Å²) in [5.41, 5.74) is 9.77. The Morgan fingerprint density at radius 2 is 1.28 bits per heavy atom. The van der Waals surface area contributed by atoms with E-state index >= 15 is 0 Å². The van der Waals surface area contributed by atoms with Gasteiger partial charge in [0, 0.05) is 36.4 Å². The zero-order chi connectivity index (χ0) is 32.5. The molecular formula is C40H52N4O2. The highest BCUT2D eigenvalue weighted by Crippen LogP contribution is 2.29. The number of ether oxygens (including phenoxy) is 2. The van der Waals surface area contributed by atoms with Gasteiger partial charge in [-0.3, -0.25) is 5.10 Å². The van der Waals surface area contributed by atoms with E-state index < -0.39 is 0 Å². The largest absolute Gasteiger partial charge is 0.493 e. The van der Waals surface area contributed by atoms with Gasteiger partial charge < -0.3 is 9.47 Å². The predicted octanol–water partition coefficient (Wildman–Crippen LogP) is 9.38. The number of aromatic amines is 1. The molecule has 0 unspecified atom stereocenters. The molecule has 46 heavy (non-hydrogen) atoms. The summed E-state index contributed by atoms with van der Waals surface area (Å²) in [5, 5.41) is 12.3. The Balaban J connectivity index is 1.25. The normalized spacial score (nSPS) is 11.8. The van der Waals surface area contributed by atoms with Crippen molar-refractivity contribution in [1.29, 1.82) is 0 Å². The molecular weight excluding hydrogens is 568 g/mol. The Labute approximate surface area is 275 Å². The quantitative estimate of drug-likeness (QED) is 0.112. The van der Waals surface area contributed by atoms with Crippen molar-refractivity contribution in [2.75, 3.05) is 13.2 Å². The maximum Gasteiger partial charge on any atom is 0.177 e. The molecule has 5 aromatic rings. The summed E-state index contributed by atoms with van der Waals surface area (Å²) in [7, 11) is 0. The van der Waals surface area contributed by atoms with Crippen molar-refractivity contribution in [3.63, 3.8) is 0 Å². The van der Waals surface area contributed by atoms with E-state index in [-0.39, 0.29) is 5.41 Å². The van der Waals surface area contributed by atoms with E-state index in [1.807, 2.05) is 4.52 Å². The summed E-state index contributed by atoms with van der Waals surface area (Å²) in [4.78, 5) is 0. The van der Waals surface area contributed by atoms with Crippen LogP contribution in [-0.4, -0.2) is 33.0 Å². The first-order chi connectivity index (χ1) is 22.2. The van der Waals surface area contributed by atoms with Gasteiger partial charge >= 0.3 is 0 Å². The zero-order valence-corrected chi connectivity index (χ0v) is 28.8. The lowest BCUT2D eigenvalue weighted by Crippen LogP contribution is -2.12. The second-order valence-corrected chi connectivity index (χ2v) is 13.7. The molecule has 244 valence electrons. The summed E-state index contributed by atoms with van der Waals surface area (Å²) in [6.07, 6.45) is 8.94. The van der Waals surface area contributed by atoms with Crippen LogP contribution in [0.1, 0.15) is 112 Å². The number of hydrogen-bond donors (Lipinski definition) is 1. The number of rotatable bonds is 16. The molecule has 0 spiro atoms. The van der Waals surface area contributed by atoms with E-state index in [0.29, 0.717) is 0 Å². The van der Waals surface area contributed by atoms with E-state index in [1.165, 1.54) is 39.1 Å². The maximum atomic E-state index is 6.29. The van der Waals surface area contributed by atoms with Gasteiger partial charge in [-0.05, 0) is 72.6 Å². The molecule has 0 bridgehead atoms. The van der Waals surface area contributed by atoms with Crippen molar-refractivity contribution < 1.29 is 9.47 Å². The van der Waals surface area contributed by atoms with Crippen LogP contribution in [0, 0.1) is 6.92 Å². The lowest BCUT2D eigenvalue weighted by atomic mass is 9.93. The minimum atomic E-state index is 0.0524. The van der Waals surface area contributed by atoms with Crippen molar-refractivity contribution in [3.8, 4) is 11.5 Å². The van der Waals surface area contributed by atoms with Gasteiger partial charge in [0.2, 0.25) is 0 Å². The van der Waals surface area contributed by atoms with Crippen LogP contribution < -0.4 is 9.47 Å². The molecule has 5 rings (SSSR count). The van der Waals surface area contributed by atoms with Crippen LogP contribution in [0.5, 0.6) is 11.5 Å². The van der Waals surface area contributed by atoms with E-state index in [9.17, 15) is 0 Å². The van der Waals surface area contributed by atoms with E-state index in [4.69, 9.17) is 9.47 Å². The average molecular weight is 621 g/mol. The van der Waals surface area contributed by atoms with Gasteiger partial charge in [-0.25, -0.2) is 4.52 Å². The molecule has 6 nitrogen and oxygen atoms in total. The summed E-state index contributed by atoms with van der Waals surface area (Å²) in [6.45, 7) is 14.7. The molecule has 0 radical (unpaired) electrons. The Morgan fingerprint density at radius 3 is 1.96 bits per heavy atom. The predicted molar refractivity (Wildman–Crippen MR) is 189 cm³/mol. The second kappa shape index (κ2) is 15.5. The third-order valence-corrected chi connectivity index (χ3v) is 8.60. The van der Waals surface area contributed by atoms with Crippen LogP contribution in [-0.2, 0) is 31.1 Å². The number of unbranched alkanes of at least 4 members (excludes halogenated alkanes) is 2. The van der Waals surface area contributed by atoms with Crippen molar-refractivity contribution in [2.24, 2.45) is 0 Å². The summed E-state index contributed by atoms with van der Waals surface area (Å²) >= 11 is 0. The molecule has 0 aliphatic rings. The highest BCUT2D eigenvalue weighted by Gasteiger charge is 2.19. The first-order valence-corrected chi connectivity index (χ1v) is 17.2. The first kappa shape index (κ1) is 33.3. The van der Waals surface area contributed by atoms with Crippen LogP contribution in [0.2, 0.25) is 0 Å². The molecule has 0 aliphatic heterocycles. The van der Waals surface area contributed by atoms with Gasteiger partial charge in [0.15, 0.2) is 11.5 Å². The van der Waals surface area contributed by atoms with Gasteiger partial charge in [0.1, 0.15) is 11.5 Å². The number of nitrogens with one attached hydrogen (secondary N) is 1. The Bertz CT molecular complexity index is 1690. The van der Waals surface area contributed by atoms with Crippen molar-refractivity contribution in [3.05, 3.63) is 112 Å². The smallest absolute Gasteiger partial charge is 0.177 e. The van der Waals surface area contributed by atoms with Crippen LogP contribution >= 0.6 is 0 Å². The Morgan fingerprint density at radius 1 is 0.674 bits per heavy atom. The number of aryl methyl sites for hydroxylation is 3. The van der Waals surface area contributed by atoms with Crippen molar-refractivity contribution in [2.45, 2.75) is 105 Å². The lowest BCUT2D eigenvalue weighted by Gasteiger charge is -2.16. The lowest BCUT2D eigenvalue weighted by molar-refractivity contribution is 0.306. The molecule has 6 heteroatoms. The number of H-pyrrole nitrogens is 1. The standard InChI is InChI=1S/C40H52N4O2/c1-7-9-22-45-35-20-14-29(3)24-33(35)26-32-19-21-36(46-23-10-8-2)34(27-32)25-31-17-15-30(16-18-31)12-11-13-38-41-42-39-28-37(40(4,5)6)43-44(38)39/h14-21,24,27-28,43H,7-13,22-23,25-26H2,1-6H3. The second-order valence-electron chi connectivity index (χ2n) is 13.7. The van der Waals surface area contributed by atoms with Gasteiger partial charge in [-0.1, -0.05) is 102 Å². The SMILES string of the molecule is CCCCOc1ccc(C)cc1Cc1ccc(OCCCC)c(Cc2ccc(CCCc3nnc4cc(C(C)(C)C)[nH]n34)cc2)c1. The van der Waals surface area contributed by atoms with Crippen LogP contribution in [0.3, 0.4) is 0 Å². The Hall–Kier alpha value is -4.06. The molecule has 0 saturated carbocycles. The minimum Gasteiger partial charge on any atom is -0.493 e. The van der Waals surface area contributed by atoms with Crippen LogP contribution in [0.4, 0.5) is 0 Å². The Kier molecular flexibility index (Phi) is 11.2. The zero-order valence-electron chi connectivity index (χ0n) is 28.8. The molecule has 0 saturated heterocycles. The third-order valence-electron chi connectivity index (χ3n) is 8.60. The minimum absolute atomic E-state index is 0.0524. The molecule has 2 aromatic heterocycles. The number of aromatic nitrogens is 4. The topological polar surface area (TPSA) is 64.4 Å². The van der Waals surface area contributed by atoms with Crippen LogP contribution in [0.25, 0.3) is 5.65 Å². The third kappa shape index (κ3) is 8.80. The maximum absolute atomic E-state index is 6.29. The van der Waals surface area contributed by atoms with Crippen molar-refractivity contribution in [1.82, 2.24) is 19.8 Å². The number of hydrogen-bond acceptors (Lipinski definition) is 4. The fourth-order valence-electron chi connectivity index (χ4n) is 5.75. The van der Waals surface area contributed by atoms with Gasteiger partial charge in [-0.15, -0.1) is 10.2 Å². The van der Waals surface area contributed by atoms with Gasteiger partial charge in [-0.2, -0.15) is 0 Å². The fourth-order valence-corrected chi connectivity index (χ4v) is 5.75. The summed E-state index contributed by atoms with van der Waals surface area (Å²) in [6, 6.07) is 24.4. The summed E-state index contributed by atoms with van der Waals surface area (Å²) < 4.78 is 14.5. The van der Waals surface area contributed by atoms with Gasteiger partial charge in [0.25, 0.3) is 0 Å². The van der Waals surface area contributed by atoms with Gasteiger partial charge in [0.05, 0.1) is 13.2 Å². The van der Waals surface area contributed by atoms with Crippen LogP contribution in [0.15, 0.2) is 66.7 Å². The number of fused-ring (bicyclic) bond motifs is 1. The fraction of sp³-hybridized carbons (Fsp3) is 0.450. The number of benzene rings is 3. The molecule has 3 aromatic carbocycles. The van der Waals surface area contributed by atoms with E-state index in [2.05, 4.69) is 124 Å². The van der Waals surface area contributed by atoms with Crippen molar-refractivity contribution >= 4 is 5.65 Å². The number of nitrogens with zero attached hydrogens (tertiary/aromatic N) is 3. The molecule has 2 heterocycles. The monoisotopic (exact) mass is 620 g/mol. The molecule has 0 atom stereocenters. The molecule has 0 amide bonds. The van der Waals surface area contributed by atoms with E-state index in [0.717, 1.165) is 94.0 Å². The molecule has 0 fully saturated rings. The molecule has 1 N–H and O–H groups in total.